The first-order valence-electron chi connectivity index (χ1n) is 8.97. The van der Waals surface area contributed by atoms with E-state index in [1.807, 2.05) is 62.4 Å². The zero-order valence-electron chi connectivity index (χ0n) is 16.3. The first kappa shape index (κ1) is 19.8. The van der Waals surface area contributed by atoms with Crippen molar-refractivity contribution in [2.24, 2.45) is 0 Å². The van der Waals surface area contributed by atoms with Gasteiger partial charge in [-0.25, -0.2) is 9.78 Å². The molecule has 1 heterocycles. The lowest BCUT2D eigenvalue weighted by Crippen LogP contribution is -2.30. The highest BCUT2D eigenvalue weighted by atomic mass is 32.1. The summed E-state index contributed by atoms with van der Waals surface area (Å²) in [6, 6.07) is 15.4. The van der Waals surface area contributed by atoms with Crippen LogP contribution in [0.4, 0.5) is 5.69 Å². The van der Waals surface area contributed by atoms with Crippen LogP contribution in [0.25, 0.3) is 10.6 Å². The number of hydrogen-bond donors (Lipinski definition) is 1. The number of aryl methyl sites for hydroxylation is 3. The van der Waals surface area contributed by atoms with Gasteiger partial charge in [0.05, 0.1) is 5.69 Å². The Morgan fingerprint density at radius 3 is 2.50 bits per heavy atom. The molecule has 1 aromatic heterocycles. The van der Waals surface area contributed by atoms with Crippen LogP contribution in [-0.2, 0) is 9.53 Å². The molecule has 5 nitrogen and oxygen atoms in total. The molecule has 0 saturated carbocycles. The first-order chi connectivity index (χ1) is 13.3. The molecule has 0 saturated heterocycles. The highest BCUT2D eigenvalue weighted by Gasteiger charge is 2.23. The van der Waals surface area contributed by atoms with E-state index in [1.54, 1.807) is 13.8 Å². The Kier molecular flexibility index (Phi) is 5.90. The van der Waals surface area contributed by atoms with Crippen LogP contribution in [0.5, 0.6) is 0 Å². The Morgan fingerprint density at radius 2 is 1.79 bits per heavy atom. The van der Waals surface area contributed by atoms with Crippen LogP contribution < -0.4 is 5.32 Å². The normalized spacial score (nSPS) is 11.7. The third kappa shape index (κ3) is 4.46. The summed E-state index contributed by atoms with van der Waals surface area (Å²) in [7, 11) is 0. The second kappa shape index (κ2) is 8.35. The minimum Gasteiger partial charge on any atom is -0.448 e. The number of rotatable bonds is 5. The van der Waals surface area contributed by atoms with Crippen molar-refractivity contribution in [2.75, 3.05) is 5.32 Å². The van der Waals surface area contributed by atoms with E-state index in [1.165, 1.54) is 11.3 Å². The van der Waals surface area contributed by atoms with Gasteiger partial charge in [0.1, 0.15) is 9.88 Å². The number of carbonyl (C=O) groups excluding carboxylic acids is 2. The Bertz CT molecular complexity index is 1010. The number of aromatic nitrogens is 1. The van der Waals surface area contributed by atoms with Gasteiger partial charge in [-0.3, -0.25) is 4.79 Å². The maximum atomic E-state index is 12.6. The fraction of sp³-hybridized carbons (Fsp3) is 0.227. The topological polar surface area (TPSA) is 68.3 Å². The molecule has 2 aromatic carbocycles. The van der Waals surface area contributed by atoms with Crippen LogP contribution in [0.3, 0.4) is 0 Å². The zero-order chi connectivity index (χ0) is 20.3. The van der Waals surface area contributed by atoms with Gasteiger partial charge in [-0.1, -0.05) is 42.5 Å². The summed E-state index contributed by atoms with van der Waals surface area (Å²) in [5.74, 6) is -0.909. The highest BCUT2D eigenvalue weighted by Crippen LogP contribution is 2.28. The van der Waals surface area contributed by atoms with Crippen LogP contribution in [0, 0.1) is 20.8 Å². The molecule has 0 aliphatic carbocycles. The van der Waals surface area contributed by atoms with Gasteiger partial charge in [0.2, 0.25) is 0 Å². The van der Waals surface area contributed by atoms with E-state index < -0.39 is 12.1 Å². The van der Waals surface area contributed by atoms with Crippen molar-refractivity contribution in [3.63, 3.8) is 0 Å². The first-order valence-corrected chi connectivity index (χ1v) is 9.78. The molecular formula is C22H22N2O3S. The molecule has 0 fully saturated rings. The molecule has 1 N–H and O–H groups in total. The van der Waals surface area contributed by atoms with Crippen LogP contribution in [0.15, 0.2) is 48.5 Å². The second-order valence-electron chi connectivity index (χ2n) is 6.65. The lowest BCUT2D eigenvalue weighted by atomic mass is 10.1. The molecule has 0 spiro atoms. The number of hydrogen-bond acceptors (Lipinski definition) is 5. The molecule has 0 unspecified atom stereocenters. The van der Waals surface area contributed by atoms with Gasteiger partial charge in [-0.15, -0.1) is 11.3 Å². The maximum Gasteiger partial charge on any atom is 0.351 e. The molecule has 28 heavy (non-hydrogen) atoms. The predicted octanol–water partition coefficient (Wildman–Crippen LogP) is 4.92. The number of nitrogens with zero attached hydrogens (tertiary/aromatic N) is 1. The molecule has 0 bridgehead atoms. The molecule has 0 aliphatic heterocycles. The van der Waals surface area contributed by atoms with Gasteiger partial charge in [-0.2, -0.15) is 0 Å². The minimum atomic E-state index is -0.922. The Morgan fingerprint density at radius 1 is 1.07 bits per heavy atom. The molecule has 0 aliphatic rings. The standard InChI is InChI=1S/C22H22N2O3S/c1-13-10-11-14(2)18(12-13)24-20(25)16(4)27-22(26)19-15(3)23-21(28-19)17-8-6-5-7-9-17/h5-12,16H,1-4H3,(H,24,25)/t16-/m1/s1. The Hall–Kier alpha value is -2.99. The molecule has 1 amide bonds. The van der Waals surface area contributed by atoms with Gasteiger partial charge >= 0.3 is 5.97 Å². The van der Waals surface area contributed by atoms with Crippen molar-refractivity contribution in [3.8, 4) is 10.6 Å². The van der Waals surface area contributed by atoms with Gasteiger partial charge in [0.25, 0.3) is 5.91 Å². The zero-order valence-corrected chi connectivity index (χ0v) is 17.1. The summed E-state index contributed by atoms with van der Waals surface area (Å²) in [6.45, 7) is 7.19. The van der Waals surface area contributed by atoms with Crippen molar-refractivity contribution in [1.29, 1.82) is 0 Å². The average molecular weight is 394 g/mol. The Balaban J connectivity index is 1.69. The monoisotopic (exact) mass is 394 g/mol. The number of carbonyl (C=O) groups is 2. The third-order valence-corrected chi connectivity index (χ3v) is 5.49. The molecule has 6 heteroatoms. The quantitative estimate of drug-likeness (QED) is 0.624. The SMILES string of the molecule is Cc1ccc(C)c(NC(=O)[C@@H](C)OC(=O)c2sc(-c3ccccc3)nc2C)c1. The number of anilines is 1. The summed E-state index contributed by atoms with van der Waals surface area (Å²) in [4.78, 5) is 29.9. The third-order valence-electron chi connectivity index (χ3n) is 4.31. The lowest BCUT2D eigenvalue weighted by molar-refractivity contribution is -0.123. The maximum absolute atomic E-state index is 12.6. The minimum absolute atomic E-state index is 0.368. The molecule has 3 aromatic rings. The van der Waals surface area contributed by atoms with E-state index >= 15 is 0 Å². The van der Waals surface area contributed by atoms with E-state index in [4.69, 9.17) is 4.74 Å². The molecular weight excluding hydrogens is 372 g/mol. The fourth-order valence-electron chi connectivity index (χ4n) is 2.66. The molecule has 1 atom stereocenters. The fourth-order valence-corrected chi connectivity index (χ4v) is 3.62. The highest BCUT2D eigenvalue weighted by molar-refractivity contribution is 7.17. The molecule has 3 rings (SSSR count). The van der Waals surface area contributed by atoms with Crippen molar-refractivity contribution >= 4 is 28.9 Å². The Labute approximate surface area is 168 Å². The lowest BCUT2D eigenvalue weighted by Gasteiger charge is -2.14. The summed E-state index contributed by atoms with van der Waals surface area (Å²) >= 11 is 1.27. The van der Waals surface area contributed by atoms with E-state index in [9.17, 15) is 9.59 Å². The molecule has 0 radical (unpaired) electrons. The summed E-state index contributed by atoms with van der Waals surface area (Å²) in [5.41, 5.74) is 4.24. The molecule has 144 valence electrons. The largest absolute Gasteiger partial charge is 0.448 e. The van der Waals surface area contributed by atoms with Gasteiger partial charge in [-0.05, 0) is 44.9 Å². The van der Waals surface area contributed by atoms with Crippen molar-refractivity contribution in [1.82, 2.24) is 4.98 Å². The van der Waals surface area contributed by atoms with Crippen molar-refractivity contribution in [2.45, 2.75) is 33.8 Å². The number of ether oxygens (including phenoxy) is 1. The number of thiazole rings is 1. The van der Waals surface area contributed by atoms with E-state index in [-0.39, 0.29) is 5.91 Å². The predicted molar refractivity (Wildman–Crippen MR) is 112 cm³/mol. The average Bonchev–Trinajstić information content (AvgIpc) is 3.07. The van der Waals surface area contributed by atoms with Gasteiger partial charge in [0, 0.05) is 11.3 Å². The van der Waals surface area contributed by atoms with E-state index in [0.29, 0.717) is 16.3 Å². The van der Waals surface area contributed by atoms with Crippen LogP contribution in [-0.4, -0.2) is 23.0 Å². The van der Waals surface area contributed by atoms with E-state index in [0.717, 1.165) is 21.7 Å². The van der Waals surface area contributed by atoms with Crippen molar-refractivity contribution < 1.29 is 14.3 Å². The summed E-state index contributed by atoms with van der Waals surface area (Å²) in [5, 5.41) is 3.57. The van der Waals surface area contributed by atoms with Gasteiger partial charge < -0.3 is 10.1 Å². The van der Waals surface area contributed by atoms with Crippen LogP contribution in [0.1, 0.15) is 33.4 Å². The number of esters is 1. The smallest absolute Gasteiger partial charge is 0.351 e. The number of nitrogens with one attached hydrogen (secondary N) is 1. The van der Waals surface area contributed by atoms with Crippen LogP contribution in [0.2, 0.25) is 0 Å². The number of amides is 1. The van der Waals surface area contributed by atoms with Crippen LogP contribution >= 0.6 is 11.3 Å². The summed E-state index contributed by atoms with van der Waals surface area (Å²) < 4.78 is 5.39. The van der Waals surface area contributed by atoms with Gasteiger partial charge in [0.15, 0.2) is 6.10 Å². The van der Waals surface area contributed by atoms with Crippen molar-refractivity contribution in [3.05, 3.63) is 70.2 Å². The van der Waals surface area contributed by atoms with E-state index in [2.05, 4.69) is 10.3 Å². The second-order valence-corrected chi connectivity index (χ2v) is 7.65. The summed E-state index contributed by atoms with van der Waals surface area (Å²) in [6.07, 6.45) is -0.922. The number of benzene rings is 2.